The number of carbonyl (C=O) groups is 1. The van der Waals surface area contributed by atoms with Gasteiger partial charge in [-0.25, -0.2) is 4.79 Å². The van der Waals surface area contributed by atoms with Crippen molar-refractivity contribution in [3.63, 3.8) is 0 Å². The summed E-state index contributed by atoms with van der Waals surface area (Å²) in [5, 5.41) is 0.571. The number of carbonyl (C=O) groups excluding carboxylic acids is 1. The van der Waals surface area contributed by atoms with E-state index in [9.17, 15) is 4.79 Å². The van der Waals surface area contributed by atoms with E-state index in [0.29, 0.717) is 24.7 Å². The fourth-order valence-corrected chi connectivity index (χ4v) is 2.65. The largest absolute Gasteiger partial charge is 0.449 e. The second kappa shape index (κ2) is 5.16. The van der Waals surface area contributed by atoms with Gasteiger partial charge in [-0.05, 0) is 31.0 Å². The lowest BCUT2D eigenvalue weighted by atomic mass is 10.1. The summed E-state index contributed by atoms with van der Waals surface area (Å²) in [5.41, 5.74) is 8.40. The Morgan fingerprint density at radius 3 is 2.83 bits per heavy atom. The summed E-state index contributed by atoms with van der Waals surface area (Å²) < 4.78 is 5.14. The maximum Gasteiger partial charge on any atom is 0.414 e. The zero-order chi connectivity index (χ0) is 13.3. The first-order valence-corrected chi connectivity index (χ1v) is 6.32. The van der Waals surface area contributed by atoms with Gasteiger partial charge < -0.3 is 10.5 Å². The molecule has 4 nitrogen and oxygen atoms in total. The molecule has 98 valence electrons. The van der Waals surface area contributed by atoms with Crippen LogP contribution in [0.15, 0.2) is 12.1 Å². The molecule has 1 saturated heterocycles. The lowest BCUT2D eigenvalue weighted by molar-refractivity contribution is 0.117. The minimum Gasteiger partial charge on any atom is -0.449 e. The van der Waals surface area contributed by atoms with Gasteiger partial charge in [-0.1, -0.05) is 17.7 Å². The summed E-state index contributed by atoms with van der Waals surface area (Å²) in [6.45, 7) is 5.34. The Bertz CT molecular complexity index is 453. The van der Waals surface area contributed by atoms with Crippen molar-refractivity contribution in [3.05, 3.63) is 28.3 Å². The Morgan fingerprint density at radius 2 is 2.22 bits per heavy atom. The molecule has 1 unspecified atom stereocenters. The fourth-order valence-electron chi connectivity index (χ4n) is 2.23. The lowest BCUT2D eigenvalue weighted by Crippen LogP contribution is -2.46. The van der Waals surface area contributed by atoms with Crippen molar-refractivity contribution in [2.24, 2.45) is 11.7 Å². The van der Waals surface area contributed by atoms with Gasteiger partial charge in [0, 0.05) is 19.0 Å². The number of cyclic esters (lactones) is 1. The molecule has 1 amide bonds. The van der Waals surface area contributed by atoms with E-state index in [1.807, 2.05) is 26.0 Å². The highest BCUT2D eigenvalue weighted by molar-refractivity contribution is 6.34. The van der Waals surface area contributed by atoms with Crippen molar-refractivity contribution in [2.45, 2.75) is 13.8 Å². The first-order chi connectivity index (χ1) is 8.52. The van der Waals surface area contributed by atoms with Gasteiger partial charge in [0.15, 0.2) is 0 Å². The minimum absolute atomic E-state index is 0.152. The number of amides is 1. The van der Waals surface area contributed by atoms with Gasteiger partial charge >= 0.3 is 6.09 Å². The Balaban J connectivity index is 2.37. The van der Waals surface area contributed by atoms with Crippen LogP contribution in [0.5, 0.6) is 0 Å². The molecule has 1 aliphatic heterocycles. The highest BCUT2D eigenvalue weighted by atomic mass is 35.5. The van der Waals surface area contributed by atoms with Crippen molar-refractivity contribution in [3.8, 4) is 0 Å². The number of aryl methyl sites for hydroxylation is 2. The van der Waals surface area contributed by atoms with Crippen LogP contribution >= 0.6 is 11.6 Å². The van der Waals surface area contributed by atoms with Gasteiger partial charge in [0.1, 0.15) is 0 Å². The average molecular weight is 269 g/mol. The molecule has 5 heteroatoms. The second-order valence-electron chi connectivity index (χ2n) is 4.70. The van der Waals surface area contributed by atoms with Crippen LogP contribution in [-0.2, 0) is 4.74 Å². The van der Waals surface area contributed by atoms with E-state index >= 15 is 0 Å². The van der Waals surface area contributed by atoms with Crippen LogP contribution in [0, 0.1) is 19.8 Å². The third-order valence-electron chi connectivity index (χ3n) is 3.11. The Hall–Kier alpha value is -1.26. The monoisotopic (exact) mass is 268 g/mol. The number of hydrogen-bond acceptors (Lipinski definition) is 3. The number of benzene rings is 1. The molecule has 1 fully saturated rings. The molecule has 0 spiro atoms. The summed E-state index contributed by atoms with van der Waals surface area (Å²) in [6.07, 6.45) is -0.353. The molecule has 1 aromatic carbocycles. The third kappa shape index (κ3) is 2.44. The quantitative estimate of drug-likeness (QED) is 0.897. The molecule has 0 aliphatic carbocycles. The highest BCUT2D eigenvalue weighted by Crippen LogP contribution is 2.33. The van der Waals surface area contributed by atoms with Crippen LogP contribution in [0.2, 0.25) is 5.02 Å². The second-order valence-corrected chi connectivity index (χ2v) is 5.11. The van der Waals surface area contributed by atoms with Crippen LogP contribution in [0.1, 0.15) is 11.1 Å². The topological polar surface area (TPSA) is 55.6 Å². The van der Waals surface area contributed by atoms with Gasteiger partial charge in [-0.2, -0.15) is 0 Å². The maximum absolute atomic E-state index is 11.8. The maximum atomic E-state index is 11.8. The summed E-state index contributed by atoms with van der Waals surface area (Å²) >= 11 is 6.24. The summed E-state index contributed by atoms with van der Waals surface area (Å²) in [7, 11) is 0. The molecular formula is C13H17ClN2O2. The van der Waals surface area contributed by atoms with Crippen molar-refractivity contribution < 1.29 is 9.53 Å². The van der Waals surface area contributed by atoms with E-state index in [-0.39, 0.29) is 12.0 Å². The number of nitrogens with two attached hydrogens (primary N) is 1. The number of anilines is 1. The number of ether oxygens (including phenoxy) is 1. The summed E-state index contributed by atoms with van der Waals surface area (Å²) in [4.78, 5) is 13.4. The predicted molar refractivity (Wildman–Crippen MR) is 72.2 cm³/mol. The molecule has 0 radical (unpaired) electrons. The minimum atomic E-state index is -0.353. The van der Waals surface area contributed by atoms with Gasteiger partial charge in [-0.3, -0.25) is 4.90 Å². The third-order valence-corrected chi connectivity index (χ3v) is 3.39. The van der Waals surface area contributed by atoms with Gasteiger partial charge in [0.2, 0.25) is 0 Å². The summed E-state index contributed by atoms with van der Waals surface area (Å²) in [5.74, 6) is 0.152. The molecule has 1 heterocycles. The predicted octanol–water partition coefficient (Wildman–Crippen LogP) is 2.49. The van der Waals surface area contributed by atoms with Crippen molar-refractivity contribution in [2.75, 3.05) is 24.6 Å². The average Bonchev–Trinajstić information content (AvgIpc) is 2.30. The van der Waals surface area contributed by atoms with E-state index in [2.05, 4.69) is 0 Å². The zero-order valence-corrected chi connectivity index (χ0v) is 11.3. The molecule has 2 rings (SSSR count). The van der Waals surface area contributed by atoms with Gasteiger partial charge in [-0.15, -0.1) is 0 Å². The molecule has 1 aliphatic rings. The van der Waals surface area contributed by atoms with E-state index in [1.165, 1.54) is 0 Å². The smallest absolute Gasteiger partial charge is 0.414 e. The van der Waals surface area contributed by atoms with Crippen LogP contribution in [0.25, 0.3) is 0 Å². The van der Waals surface area contributed by atoms with Crippen LogP contribution in [0.4, 0.5) is 10.5 Å². The van der Waals surface area contributed by atoms with E-state index in [1.54, 1.807) is 4.90 Å². The van der Waals surface area contributed by atoms with E-state index in [0.717, 1.165) is 16.8 Å². The van der Waals surface area contributed by atoms with Gasteiger partial charge in [0.25, 0.3) is 0 Å². The van der Waals surface area contributed by atoms with Crippen LogP contribution in [-0.4, -0.2) is 25.8 Å². The fraction of sp³-hybridized carbons (Fsp3) is 0.462. The van der Waals surface area contributed by atoms with Crippen LogP contribution in [0.3, 0.4) is 0 Å². The van der Waals surface area contributed by atoms with Crippen molar-refractivity contribution in [1.82, 2.24) is 0 Å². The molecular weight excluding hydrogens is 252 g/mol. The molecule has 2 N–H and O–H groups in total. The van der Waals surface area contributed by atoms with Gasteiger partial charge in [0.05, 0.1) is 17.3 Å². The van der Waals surface area contributed by atoms with Crippen molar-refractivity contribution >= 4 is 23.4 Å². The zero-order valence-electron chi connectivity index (χ0n) is 10.6. The van der Waals surface area contributed by atoms with Crippen molar-refractivity contribution in [1.29, 1.82) is 0 Å². The van der Waals surface area contributed by atoms with E-state index in [4.69, 9.17) is 22.1 Å². The highest BCUT2D eigenvalue weighted by Gasteiger charge is 2.29. The lowest BCUT2D eigenvalue weighted by Gasteiger charge is -2.33. The molecule has 1 atom stereocenters. The number of hydrogen-bond donors (Lipinski definition) is 1. The molecule has 1 aromatic rings. The molecule has 0 aromatic heterocycles. The molecule has 0 saturated carbocycles. The molecule has 0 bridgehead atoms. The van der Waals surface area contributed by atoms with E-state index < -0.39 is 0 Å². The summed E-state index contributed by atoms with van der Waals surface area (Å²) in [6, 6.07) is 3.85. The van der Waals surface area contributed by atoms with Crippen LogP contribution < -0.4 is 10.6 Å². The Kier molecular flexibility index (Phi) is 3.78. The molecule has 18 heavy (non-hydrogen) atoms. The number of halogens is 1. The first kappa shape index (κ1) is 13.2. The number of rotatable bonds is 2. The normalized spacial score (nSPS) is 19.9. The Labute approximate surface area is 112 Å². The first-order valence-electron chi connectivity index (χ1n) is 5.94. The SMILES string of the molecule is Cc1cc(C)c(N2CC(CN)COC2=O)c(Cl)c1. The Morgan fingerprint density at radius 1 is 1.50 bits per heavy atom. The standard InChI is InChI=1S/C13H17ClN2O2/c1-8-3-9(2)12(11(14)4-8)16-6-10(5-15)7-18-13(16)17/h3-4,10H,5-7,15H2,1-2H3. The number of nitrogens with zero attached hydrogens (tertiary/aromatic N) is 1.